The molecule has 0 bridgehead atoms. The molecule has 4 aromatic rings. The molecule has 0 radical (unpaired) electrons. The van der Waals surface area contributed by atoms with Gasteiger partial charge in [-0.05, 0) is 66.4 Å². The molecular formula is C28H28P+. The lowest BCUT2D eigenvalue weighted by atomic mass is 10.0. The molecule has 4 aromatic carbocycles. The Kier molecular flexibility index (Phi) is 5.93. The quantitative estimate of drug-likeness (QED) is 0.382. The summed E-state index contributed by atoms with van der Waals surface area (Å²) >= 11 is 0. The van der Waals surface area contributed by atoms with Crippen LogP contribution in [0, 0.1) is 0 Å². The van der Waals surface area contributed by atoms with E-state index in [4.69, 9.17) is 0 Å². The number of hydrogen-bond acceptors (Lipinski definition) is 0. The SMILES string of the molecule is CCc1cccc([P+](c2ccccc2)(c2ccccc2)c2ccccc2)c1CC. The van der Waals surface area contributed by atoms with Crippen molar-refractivity contribution in [2.75, 3.05) is 0 Å². The molecule has 0 fully saturated rings. The van der Waals surface area contributed by atoms with Gasteiger partial charge in [0.25, 0.3) is 0 Å². The first-order valence-corrected chi connectivity index (χ1v) is 12.3. The van der Waals surface area contributed by atoms with E-state index in [1.165, 1.54) is 32.3 Å². The maximum atomic E-state index is 2.39. The third-order valence-corrected chi connectivity index (χ3v) is 10.1. The summed E-state index contributed by atoms with van der Waals surface area (Å²) in [6.45, 7) is 4.57. The second-order valence-electron chi connectivity index (χ2n) is 7.30. The van der Waals surface area contributed by atoms with Gasteiger partial charge in [-0.25, -0.2) is 0 Å². The van der Waals surface area contributed by atoms with Crippen LogP contribution in [0.25, 0.3) is 0 Å². The molecule has 0 N–H and O–H groups in total. The summed E-state index contributed by atoms with van der Waals surface area (Å²) in [4.78, 5) is 0. The van der Waals surface area contributed by atoms with Gasteiger partial charge in [0, 0.05) is 0 Å². The minimum Gasteiger partial charge on any atom is -0.0620 e. The van der Waals surface area contributed by atoms with Crippen LogP contribution in [0.4, 0.5) is 0 Å². The number of aryl methyl sites for hydroxylation is 1. The summed E-state index contributed by atoms with van der Waals surface area (Å²) in [6, 6.07) is 40.4. The average molecular weight is 396 g/mol. The molecule has 1 heteroatoms. The van der Waals surface area contributed by atoms with Crippen LogP contribution in [0.2, 0.25) is 0 Å². The topological polar surface area (TPSA) is 0 Å². The van der Waals surface area contributed by atoms with Crippen LogP contribution >= 0.6 is 7.26 Å². The predicted molar refractivity (Wildman–Crippen MR) is 130 cm³/mol. The van der Waals surface area contributed by atoms with Crippen LogP contribution < -0.4 is 21.2 Å². The molecular weight excluding hydrogens is 367 g/mol. The fraction of sp³-hybridized carbons (Fsp3) is 0.143. The van der Waals surface area contributed by atoms with E-state index in [-0.39, 0.29) is 0 Å². The smallest absolute Gasteiger partial charge is 0.0620 e. The van der Waals surface area contributed by atoms with Gasteiger partial charge in [-0.1, -0.05) is 80.6 Å². The lowest BCUT2D eigenvalue weighted by Gasteiger charge is -2.30. The van der Waals surface area contributed by atoms with Crippen molar-refractivity contribution in [2.24, 2.45) is 0 Å². The van der Waals surface area contributed by atoms with E-state index in [0.29, 0.717) is 0 Å². The number of rotatable bonds is 6. The summed E-state index contributed by atoms with van der Waals surface area (Å²) in [5.41, 5.74) is 2.98. The zero-order valence-corrected chi connectivity index (χ0v) is 18.1. The van der Waals surface area contributed by atoms with Crippen molar-refractivity contribution in [3.63, 3.8) is 0 Å². The van der Waals surface area contributed by atoms with Crippen molar-refractivity contribution in [1.82, 2.24) is 0 Å². The summed E-state index contributed by atoms with van der Waals surface area (Å²) in [7, 11) is -2.00. The van der Waals surface area contributed by atoms with Crippen LogP contribution in [-0.2, 0) is 12.8 Å². The molecule has 0 unspecified atom stereocenters. The van der Waals surface area contributed by atoms with Crippen molar-refractivity contribution in [3.05, 3.63) is 120 Å². The van der Waals surface area contributed by atoms with Gasteiger partial charge in [-0.15, -0.1) is 0 Å². The van der Waals surface area contributed by atoms with Crippen LogP contribution in [0.1, 0.15) is 25.0 Å². The molecule has 0 heterocycles. The first kappa shape index (κ1) is 19.6. The zero-order valence-electron chi connectivity index (χ0n) is 17.3. The van der Waals surface area contributed by atoms with E-state index < -0.39 is 7.26 Å². The van der Waals surface area contributed by atoms with Gasteiger partial charge in [-0.2, -0.15) is 0 Å². The fourth-order valence-corrected chi connectivity index (χ4v) is 9.10. The maximum Gasteiger partial charge on any atom is 0.144 e. The van der Waals surface area contributed by atoms with E-state index in [2.05, 4.69) is 123 Å². The molecule has 144 valence electrons. The maximum absolute atomic E-state index is 2.39. The van der Waals surface area contributed by atoms with Crippen molar-refractivity contribution in [3.8, 4) is 0 Å². The van der Waals surface area contributed by atoms with Gasteiger partial charge in [0.05, 0.1) is 0 Å². The van der Waals surface area contributed by atoms with Crippen LogP contribution in [0.5, 0.6) is 0 Å². The van der Waals surface area contributed by atoms with Crippen LogP contribution in [0.15, 0.2) is 109 Å². The molecule has 0 aromatic heterocycles. The Labute approximate surface area is 175 Å². The monoisotopic (exact) mass is 395 g/mol. The molecule has 0 nitrogen and oxygen atoms in total. The second-order valence-corrected chi connectivity index (χ2v) is 10.7. The van der Waals surface area contributed by atoms with Crippen molar-refractivity contribution in [2.45, 2.75) is 26.7 Å². The molecule has 29 heavy (non-hydrogen) atoms. The Hall–Kier alpha value is -2.69. The minimum atomic E-state index is -2.00. The molecule has 0 saturated carbocycles. The summed E-state index contributed by atoms with van der Waals surface area (Å²) in [6.07, 6.45) is 2.11. The van der Waals surface area contributed by atoms with Crippen LogP contribution in [0.3, 0.4) is 0 Å². The second kappa shape index (κ2) is 8.76. The third-order valence-electron chi connectivity index (χ3n) is 5.77. The van der Waals surface area contributed by atoms with E-state index in [1.54, 1.807) is 0 Å². The Morgan fingerprint density at radius 3 is 1.31 bits per heavy atom. The van der Waals surface area contributed by atoms with Gasteiger partial charge < -0.3 is 0 Å². The first-order chi connectivity index (χ1) is 14.3. The lowest BCUT2D eigenvalue weighted by molar-refractivity contribution is 1.05. The molecule has 0 aliphatic rings. The summed E-state index contributed by atoms with van der Waals surface area (Å²) in [5.74, 6) is 0. The van der Waals surface area contributed by atoms with E-state index in [9.17, 15) is 0 Å². The molecule has 0 saturated heterocycles. The normalized spacial score (nSPS) is 11.4. The Balaban J connectivity index is 2.19. The third kappa shape index (κ3) is 3.43. The highest BCUT2D eigenvalue weighted by molar-refractivity contribution is 8.01. The molecule has 0 aliphatic heterocycles. The van der Waals surface area contributed by atoms with Crippen LogP contribution in [-0.4, -0.2) is 0 Å². The molecule has 0 atom stereocenters. The Bertz CT molecular complexity index is 957. The van der Waals surface area contributed by atoms with E-state index in [0.717, 1.165) is 12.8 Å². The highest BCUT2D eigenvalue weighted by Gasteiger charge is 2.49. The van der Waals surface area contributed by atoms with E-state index in [1.807, 2.05) is 0 Å². The largest absolute Gasteiger partial charge is 0.144 e. The Morgan fingerprint density at radius 1 is 0.483 bits per heavy atom. The molecule has 4 rings (SSSR count). The van der Waals surface area contributed by atoms with Gasteiger partial charge >= 0.3 is 0 Å². The van der Waals surface area contributed by atoms with E-state index >= 15 is 0 Å². The molecule has 0 spiro atoms. The highest BCUT2D eigenvalue weighted by atomic mass is 31.2. The average Bonchev–Trinajstić information content (AvgIpc) is 2.81. The Morgan fingerprint density at radius 2 is 0.931 bits per heavy atom. The number of benzene rings is 4. The minimum absolute atomic E-state index is 1.05. The standard InChI is InChI=1S/C28H28P/c1-3-23-15-14-22-28(27(23)4-2)29(24-16-8-5-9-17-24,25-18-10-6-11-19-25)26-20-12-7-13-21-26/h5-22H,3-4H2,1-2H3/q+1. The predicted octanol–water partition coefficient (Wildman–Crippen LogP) is 5.43. The van der Waals surface area contributed by atoms with Gasteiger partial charge in [0.2, 0.25) is 0 Å². The van der Waals surface area contributed by atoms with Crippen molar-refractivity contribution in [1.29, 1.82) is 0 Å². The zero-order chi connectivity index (χ0) is 20.1. The van der Waals surface area contributed by atoms with Crippen molar-refractivity contribution < 1.29 is 0 Å². The van der Waals surface area contributed by atoms with Gasteiger partial charge in [0.15, 0.2) is 0 Å². The van der Waals surface area contributed by atoms with Gasteiger partial charge in [-0.3, -0.25) is 0 Å². The summed E-state index contributed by atoms with van der Waals surface area (Å²) < 4.78 is 0. The first-order valence-electron chi connectivity index (χ1n) is 10.5. The molecule has 0 aliphatic carbocycles. The highest BCUT2D eigenvalue weighted by Crippen LogP contribution is 2.55. The molecule has 0 amide bonds. The number of hydrogen-bond donors (Lipinski definition) is 0. The van der Waals surface area contributed by atoms with Gasteiger partial charge in [0.1, 0.15) is 28.5 Å². The van der Waals surface area contributed by atoms with Crippen molar-refractivity contribution >= 4 is 28.5 Å². The summed E-state index contributed by atoms with van der Waals surface area (Å²) in [5, 5.41) is 5.75. The lowest BCUT2D eigenvalue weighted by Crippen LogP contribution is -2.40. The fourth-order valence-electron chi connectivity index (χ4n) is 4.49.